The third-order valence-corrected chi connectivity index (χ3v) is 4.35. The van der Waals surface area contributed by atoms with E-state index < -0.39 is 15.8 Å². The highest BCUT2D eigenvalue weighted by atomic mass is 79.9. The van der Waals surface area contributed by atoms with Gasteiger partial charge in [-0.25, -0.2) is 12.8 Å². The lowest BCUT2D eigenvalue weighted by Gasteiger charge is -2.07. The van der Waals surface area contributed by atoms with Gasteiger partial charge in [0.15, 0.2) is 0 Å². The first-order valence-corrected chi connectivity index (χ1v) is 7.15. The van der Waals surface area contributed by atoms with Gasteiger partial charge in [-0.2, -0.15) is 5.10 Å². The van der Waals surface area contributed by atoms with Crippen molar-refractivity contribution >= 4 is 31.6 Å². The van der Waals surface area contributed by atoms with Gasteiger partial charge < -0.3 is 0 Å². The van der Waals surface area contributed by atoms with E-state index in [4.69, 9.17) is 0 Å². The van der Waals surface area contributed by atoms with Crippen LogP contribution in [0.1, 0.15) is 5.69 Å². The largest absolute Gasteiger partial charge is 0.281 e. The Morgan fingerprint density at radius 2 is 2.17 bits per heavy atom. The highest BCUT2D eigenvalue weighted by Gasteiger charge is 2.18. The number of sulfonamides is 1. The first-order valence-electron chi connectivity index (χ1n) is 4.88. The van der Waals surface area contributed by atoms with E-state index in [-0.39, 0.29) is 15.1 Å². The summed E-state index contributed by atoms with van der Waals surface area (Å²) in [5, 5.41) is 6.19. The minimum Gasteiger partial charge on any atom is -0.281 e. The second-order valence-corrected chi connectivity index (χ2v) is 6.10. The summed E-state index contributed by atoms with van der Waals surface area (Å²) in [6.45, 7) is 1.60. The minimum atomic E-state index is -3.72. The van der Waals surface area contributed by atoms with Gasteiger partial charge in [0, 0.05) is 0 Å². The Morgan fingerprint density at radius 1 is 1.44 bits per heavy atom. The van der Waals surface area contributed by atoms with E-state index in [1.807, 2.05) is 0 Å². The molecule has 1 aromatic heterocycles. The van der Waals surface area contributed by atoms with Crippen LogP contribution in [0.25, 0.3) is 0 Å². The summed E-state index contributed by atoms with van der Waals surface area (Å²) in [6, 6.07) is 3.86. The van der Waals surface area contributed by atoms with Crippen LogP contribution in [0.3, 0.4) is 0 Å². The van der Waals surface area contributed by atoms with E-state index in [0.29, 0.717) is 5.69 Å². The molecule has 2 N–H and O–H groups in total. The molecular weight excluding hydrogens is 325 g/mol. The molecule has 0 aliphatic rings. The first kappa shape index (κ1) is 13.0. The zero-order valence-corrected chi connectivity index (χ0v) is 11.6. The molecule has 96 valence electrons. The Morgan fingerprint density at radius 3 is 2.72 bits per heavy atom. The lowest BCUT2D eigenvalue weighted by Crippen LogP contribution is -2.13. The predicted octanol–water partition coefficient (Wildman–Crippen LogP) is 2.42. The standard InChI is InChI=1S/C10H9BrFN3O2S/c1-6-10(5-13-14-6)18(16,17)15-7-2-3-9(12)8(11)4-7/h2-5,15H,1H3,(H,13,14). The highest BCUT2D eigenvalue weighted by molar-refractivity contribution is 9.10. The molecule has 0 aliphatic heterocycles. The van der Waals surface area contributed by atoms with Crippen LogP contribution < -0.4 is 4.72 Å². The number of aromatic nitrogens is 2. The fourth-order valence-corrected chi connectivity index (χ4v) is 2.95. The van der Waals surface area contributed by atoms with Crippen molar-refractivity contribution in [1.82, 2.24) is 10.2 Å². The smallest absolute Gasteiger partial charge is 0.265 e. The zero-order valence-electron chi connectivity index (χ0n) is 9.24. The number of hydrogen-bond donors (Lipinski definition) is 2. The quantitative estimate of drug-likeness (QED) is 0.905. The number of nitrogens with zero attached hydrogens (tertiary/aromatic N) is 1. The van der Waals surface area contributed by atoms with Crippen LogP contribution in [0.4, 0.5) is 10.1 Å². The maximum atomic E-state index is 13.0. The number of H-pyrrole nitrogens is 1. The van der Waals surface area contributed by atoms with E-state index in [9.17, 15) is 12.8 Å². The van der Waals surface area contributed by atoms with Crippen molar-refractivity contribution in [3.63, 3.8) is 0 Å². The Balaban J connectivity index is 2.34. The molecule has 2 aromatic rings. The third kappa shape index (κ3) is 2.54. The number of halogens is 2. The summed E-state index contributed by atoms with van der Waals surface area (Å²) in [5.74, 6) is -0.461. The minimum absolute atomic E-state index is 0.0583. The van der Waals surface area contributed by atoms with Crippen molar-refractivity contribution in [2.75, 3.05) is 4.72 Å². The molecular formula is C10H9BrFN3O2S. The molecule has 0 bridgehead atoms. The van der Waals surface area contributed by atoms with Gasteiger partial charge >= 0.3 is 0 Å². The SMILES string of the molecule is Cc1[nH]ncc1S(=O)(=O)Nc1ccc(F)c(Br)c1. The van der Waals surface area contributed by atoms with E-state index >= 15 is 0 Å². The van der Waals surface area contributed by atoms with Crippen LogP contribution >= 0.6 is 15.9 Å². The fourth-order valence-electron chi connectivity index (χ4n) is 1.38. The molecule has 0 saturated heterocycles. The Hall–Kier alpha value is -1.41. The number of rotatable bonds is 3. The van der Waals surface area contributed by atoms with Gasteiger partial charge in [-0.05, 0) is 41.1 Å². The molecule has 0 saturated carbocycles. The summed E-state index contributed by atoms with van der Waals surface area (Å²) in [7, 11) is -3.72. The summed E-state index contributed by atoms with van der Waals surface area (Å²) in [5.41, 5.74) is 0.701. The van der Waals surface area contributed by atoms with Gasteiger partial charge in [-0.3, -0.25) is 9.82 Å². The predicted molar refractivity (Wildman–Crippen MR) is 68.2 cm³/mol. The highest BCUT2D eigenvalue weighted by Crippen LogP contribution is 2.23. The normalized spacial score (nSPS) is 11.5. The van der Waals surface area contributed by atoms with E-state index in [0.717, 1.165) is 0 Å². The average Bonchev–Trinajstić information content (AvgIpc) is 2.70. The van der Waals surface area contributed by atoms with Crippen molar-refractivity contribution in [1.29, 1.82) is 0 Å². The zero-order chi connectivity index (χ0) is 13.3. The topological polar surface area (TPSA) is 74.8 Å². The van der Waals surface area contributed by atoms with Crippen LogP contribution in [-0.4, -0.2) is 18.6 Å². The van der Waals surface area contributed by atoms with Crippen molar-refractivity contribution in [3.05, 3.63) is 40.4 Å². The summed E-state index contributed by atoms with van der Waals surface area (Å²) in [4.78, 5) is 0.0583. The molecule has 0 unspecified atom stereocenters. The van der Waals surface area contributed by atoms with E-state index in [2.05, 4.69) is 30.8 Å². The van der Waals surface area contributed by atoms with E-state index in [1.54, 1.807) is 6.92 Å². The maximum Gasteiger partial charge on any atom is 0.265 e. The molecule has 0 spiro atoms. The molecule has 0 amide bonds. The number of nitrogens with one attached hydrogen (secondary N) is 2. The van der Waals surface area contributed by atoms with Crippen LogP contribution in [0, 0.1) is 12.7 Å². The molecule has 5 nitrogen and oxygen atoms in total. The van der Waals surface area contributed by atoms with Gasteiger partial charge in [0.2, 0.25) is 0 Å². The molecule has 0 fully saturated rings. The van der Waals surface area contributed by atoms with Crippen LogP contribution in [0.5, 0.6) is 0 Å². The van der Waals surface area contributed by atoms with Gasteiger partial charge in [0.05, 0.1) is 22.1 Å². The average molecular weight is 334 g/mol. The van der Waals surface area contributed by atoms with Crippen LogP contribution in [-0.2, 0) is 10.0 Å². The summed E-state index contributed by atoms with van der Waals surface area (Å²) < 4.78 is 39.6. The van der Waals surface area contributed by atoms with Crippen LogP contribution in [0.2, 0.25) is 0 Å². The molecule has 1 aromatic carbocycles. The first-order chi connectivity index (χ1) is 8.40. The van der Waals surface area contributed by atoms with Crippen LogP contribution in [0.15, 0.2) is 33.8 Å². The molecule has 1 heterocycles. The van der Waals surface area contributed by atoms with Gasteiger partial charge in [0.1, 0.15) is 10.7 Å². The molecule has 2 rings (SSSR count). The van der Waals surface area contributed by atoms with Crippen molar-refractivity contribution in [3.8, 4) is 0 Å². The monoisotopic (exact) mass is 333 g/mol. The van der Waals surface area contributed by atoms with Gasteiger partial charge in [0.25, 0.3) is 10.0 Å². The molecule has 0 atom stereocenters. The molecule has 0 aliphatic carbocycles. The van der Waals surface area contributed by atoms with Crippen molar-refractivity contribution in [2.45, 2.75) is 11.8 Å². The Kier molecular flexibility index (Phi) is 3.40. The second-order valence-electron chi connectivity index (χ2n) is 3.59. The van der Waals surface area contributed by atoms with E-state index in [1.165, 1.54) is 24.4 Å². The Bertz CT molecular complexity index is 684. The second kappa shape index (κ2) is 4.69. The van der Waals surface area contributed by atoms with Crippen molar-refractivity contribution in [2.24, 2.45) is 0 Å². The Labute approximate surface area is 112 Å². The van der Waals surface area contributed by atoms with Gasteiger partial charge in [-0.1, -0.05) is 0 Å². The summed E-state index contributed by atoms with van der Waals surface area (Å²) in [6.07, 6.45) is 1.22. The molecule has 8 heteroatoms. The lowest BCUT2D eigenvalue weighted by atomic mass is 10.3. The maximum absolute atomic E-state index is 13.0. The third-order valence-electron chi connectivity index (χ3n) is 2.24. The molecule has 0 radical (unpaired) electrons. The number of benzene rings is 1. The number of anilines is 1. The number of hydrogen-bond acceptors (Lipinski definition) is 3. The summed E-state index contributed by atoms with van der Waals surface area (Å²) >= 11 is 2.99. The number of aromatic amines is 1. The van der Waals surface area contributed by atoms with Gasteiger partial charge in [-0.15, -0.1) is 0 Å². The lowest BCUT2D eigenvalue weighted by molar-refractivity contribution is 0.600. The van der Waals surface area contributed by atoms with Crippen molar-refractivity contribution < 1.29 is 12.8 Å². The molecule has 18 heavy (non-hydrogen) atoms. The fraction of sp³-hybridized carbons (Fsp3) is 0.100. The number of aryl methyl sites for hydroxylation is 1.